The lowest BCUT2D eigenvalue weighted by atomic mass is 10.2. The van der Waals surface area contributed by atoms with E-state index in [0.717, 1.165) is 32.0 Å². The monoisotopic (exact) mass is 510 g/mol. The molecule has 2 aromatic carbocycles. The molecule has 0 spiro atoms. The molecular formula is C24H20BrFN4O3. The number of hydrogen-bond donors (Lipinski definition) is 2. The molecule has 0 bridgehead atoms. The maximum atomic E-state index is 13.8. The summed E-state index contributed by atoms with van der Waals surface area (Å²) in [6.45, 7) is 3.33. The van der Waals surface area contributed by atoms with Crippen LogP contribution in [0.4, 0.5) is 14.9 Å². The number of para-hydroxylation sites is 1. The summed E-state index contributed by atoms with van der Waals surface area (Å²) in [5, 5.41) is 4.89. The zero-order chi connectivity index (χ0) is 23.7. The van der Waals surface area contributed by atoms with Crippen LogP contribution in [0.1, 0.15) is 17.0 Å². The number of carbonyl (C=O) groups is 3. The van der Waals surface area contributed by atoms with Crippen molar-refractivity contribution in [3.05, 3.63) is 87.5 Å². The van der Waals surface area contributed by atoms with Crippen LogP contribution in [0, 0.1) is 19.7 Å². The number of aryl methyl sites for hydroxylation is 1. The van der Waals surface area contributed by atoms with Gasteiger partial charge in [0.1, 0.15) is 18.1 Å². The molecular weight excluding hydrogens is 491 g/mol. The minimum absolute atomic E-state index is 0.0229. The van der Waals surface area contributed by atoms with Crippen molar-refractivity contribution < 1.29 is 18.8 Å². The highest BCUT2D eigenvalue weighted by molar-refractivity contribution is 9.10. The fourth-order valence-corrected chi connectivity index (χ4v) is 4.10. The SMILES string of the molecule is Cc1cc(/C=C2/NC(=O)N(CC(=O)Nc3ccccc3F)C2=O)c(C)n1-c1cccc(Br)c1. The molecule has 2 heterocycles. The second-order valence-corrected chi connectivity index (χ2v) is 8.46. The second kappa shape index (κ2) is 9.03. The maximum absolute atomic E-state index is 13.8. The zero-order valence-corrected chi connectivity index (χ0v) is 19.4. The number of carbonyl (C=O) groups excluding carboxylic acids is 3. The number of nitrogens with one attached hydrogen (secondary N) is 2. The van der Waals surface area contributed by atoms with E-state index in [4.69, 9.17) is 0 Å². The number of benzene rings is 2. The van der Waals surface area contributed by atoms with E-state index in [2.05, 4.69) is 26.6 Å². The molecule has 1 aliphatic heterocycles. The van der Waals surface area contributed by atoms with E-state index in [1.165, 1.54) is 18.2 Å². The Morgan fingerprint density at radius 2 is 1.88 bits per heavy atom. The molecule has 1 aromatic heterocycles. The van der Waals surface area contributed by atoms with Crippen LogP contribution in [-0.2, 0) is 9.59 Å². The van der Waals surface area contributed by atoms with Gasteiger partial charge in [-0.1, -0.05) is 34.1 Å². The van der Waals surface area contributed by atoms with Crippen molar-refractivity contribution in [1.29, 1.82) is 0 Å². The fourth-order valence-electron chi connectivity index (χ4n) is 3.71. The van der Waals surface area contributed by atoms with Gasteiger partial charge in [0.2, 0.25) is 5.91 Å². The van der Waals surface area contributed by atoms with Crippen molar-refractivity contribution >= 4 is 45.5 Å². The molecule has 33 heavy (non-hydrogen) atoms. The molecule has 168 valence electrons. The van der Waals surface area contributed by atoms with Crippen molar-refractivity contribution in [3.63, 3.8) is 0 Å². The molecule has 3 aromatic rings. The first kappa shape index (κ1) is 22.5. The lowest BCUT2D eigenvalue weighted by Crippen LogP contribution is -2.38. The number of anilines is 1. The van der Waals surface area contributed by atoms with Crippen LogP contribution < -0.4 is 10.6 Å². The number of amides is 4. The molecule has 4 amide bonds. The smallest absolute Gasteiger partial charge is 0.322 e. The van der Waals surface area contributed by atoms with Gasteiger partial charge in [-0.15, -0.1) is 0 Å². The highest BCUT2D eigenvalue weighted by atomic mass is 79.9. The summed E-state index contributed by atoms with van der Waals surface area (Å²) in [5.74, 6) is -1.92. The van der Waals surface area contributed by atoms with Crippen LogP contribution >= 0.6 is 15.9 Å². The minimum atomic E-state index is -0.712. The zero-order valence-electron chi connectivity index (χ0n) is 17.9. The Hall–Kier alpha value is -3.72. The minimum Gasteiger partial charge on any atom is -0.322 e. The van der Waals surface area contributed by atoms with Gasteiger partial charge in [0, 0.05) is 21.5 Å². The summed E-state index contributed by atoms with van der Waals surface area (Å²) >= 11 is 3.48. The summed E-state index contributed by atoms with van der Waals surface area (Å²) in [6.07, 6.45) is 1.59. The summed E-state index contributed by atoms with van der Waals surface area (Å²) in [7, 11) is 0. The number of rotatable bonds is 5. The molecule has 1 saturated heterocycles. The van der Waals surface area contributed by atoms with Crippen LogP contribution in [0.25, 0.3) is 11.8 Å². The maximum Gasteiger partial charge on any atom is 0.329 e. The largest absolute Gasteiger partial charge is 0.329 e. The van der Waals surface area contributed by atoms with Gasteiger partial charge in [0.25, 0.3) is 5.91 Å². The van der Waals surface area contributed by atoms with Crippen molar-refractivity contribution in [2.75, 3.05) is 11.9 Å². The summed E-state index contributed by atoms with van der Waals surface area (Å²) in [6, 6.07) is 14.7. The molecule has 4 rings (SSSR count). The van der Waals surface area contributed by atoms with Crippen molar-refractivity contribution in [3.8, 4) is 5.69 Å². The topological polar surface area (TPSA) is 83.4 Å². The van der Waals surface area contributed by atoms with Crippen LogP contribution in [0.3, 0.4) is 0 Å². The Morgan fingerprint density at radius 1 is 1.12 bits per heavy atom. The highest BCUT2D eigenvalue weighted by Gasteiger charge is 2.35. The van der Waals surface area contributed by atoms with Gasteiger partial charge in [-0.05, 0) is 61.9 Å². The lowest BCUT2D eigenvalue weighted by Gasteiger charge is -2.12. The van der Waals surface area contributed by atoms with Gasteiger partial charge in [-0.25, -0.2) is 14.1 Å². The summed E-state index contributed by atoms with van der Waals surface area (Å²) in [5.41, 5.74) is 3.59. The fraction of sp³-hybridized carbons (Fsp3) is 0.125. The predicted octanol–water partition coefficient (Wildman–Crippen LogP) is 4.53. The Balaban J connectivity index is 1.54. The lowest BCUT2D eigenvalue weighted by molar-refractivity contribution is -0.127. The van der Waals surface area contributed by atoms with Crippen LogP contribution in [0.15, 0.2) is 64.8 Å². The molecule has 0 unspecified atom stereocenters. The van der Waals surface area contributed by atoms with Crippen LogP contribution in [0.2, 0.25) is 0 Å². The van der Waals surface area contributed by atoms with E-state index in [1.807, 2.05) is 48.7 Å². The average molecular weight is 511 g/mol. The van der Waals surface area contributed by atoms with Gasteiger partial charge >= 0.3 is 6.03 Å². The van der Waals surface area contributed by atoms with E-state index < -0.39 is 30.2 Å². The van der Waals surface area contributed by atoms with Gasteiger partial charge in [-0.2, -0.15) is 0 Å². The molecule has 0 aliphatic carbocycles. The molecule has 0 radical (unpaired) electrons. The second-order valence-electron chi connectivity index (χ2n) is 7.55. The number of imide groups is 1. The molecule has 0 atom stereocenters. The number of hydrogen-bond acceptors (Lipinski definition) is 3. The van der Waals surface area contributed by atoms with Crippen molar-refractivity contribution in [1.82, 2.24) is 14.8 Å². The number of urea groups is 1. The molecule has 7 nitrogen and oxygen atoms in total. The first-order valence-electron chi connectivity index (χ1n) is 10.1. The van der Waals surface area contributed by atoms with Gasteiger partial charge in [-0.3, -0.25) is 9.59 Å². The third-order valence-electron chi connectivity index (χ3n) is 5.25. The standard InChI is InChI=1S/C24H20BrFN4O3/c1-14-10-16(15(2)30(14)18-7-5-6-17(25)12-18)11-21-23(32)29(24(33)28-21)13-22(31)27-20-9-4-3-8-19(20)26/h3-12H,13H2,1-2H3,(H,27,31)(H,28,33)/b21-11+. The quantitative estimate of drug-likeness (QED) is 0.390. The first-order valence-corrected chi connectivity index (χ1v) is 10.9. The van der Waals surface area contributed by atoms with Crippen LogP contribution in [0.5, 0.6) is 0 Å². The van der Waals surface area contributed by atoms with Crippen molar-refractivity contribution in [2.24, 2.45) is 0 Å². The number of nitrogens with zero attached hydrogens (tertiary/aromatic N) is 2. The van der Waals surface area contributed by atoms with Gasteiger partial charge in [0.15, 0.2) is 0 Å². The van der Waals surface area contributed by atoms with Gasteiger partial charge in [0.05, 0.1) is 5.69 Å². The van der Waals surface area contributed by atoms with E-state index >= 15 is 0 Å². The van der Waals surface area contributed by atoms with E-state index in [-0.39, 0.29) is 11.4 Å². The summed E-state index contributed by atoms with van der Waals surface area (Å²) in [4.78, 5) is 38.2. The Bertz CT molecular complexity index is 1310. The molecule has 1 fully saturated rings. The third kappa shape index (κ3) is 4.58. The molecule has 2 N–H and O–H groups in total. The van der Waals surface area contributed by atoms with Crippen LogP contribution in [-0.4, -0.2) is 33.9 Å². The number of halogens is 2. The Labute approximate surface area is 198 Å². The number of aromatic nitrogens is 1. The Morgan fingerprint density at radius 3 is 2.61 bits per heavy atom. The third-order valence-corrected chi connectivity index (χ3v) is 5.74. The first-order chi connectivity index (χ1) is 15.7. The highest BCUT2D eigenvalue weighted by Crippen LogP contribution is 2.25. The van der Waals surface area contributed by atoms with E-state index in [0.29, 0.717) is 0 Å². The molecule has 1 aliphatic rings. The van der Waals surface area contributed by atoms with Crippen molar-refractivity contribution in [2.45, 2.75) is 13.8 Å². The summed E-state index contributed by atoms with van der Waals surface area (Å²) < 4.78 is 16.7. The Kier molecular flexibility index (Phi) is 6.15. The average Bonchev–Trinajstić information content (AvgIpc) is 3.19. The van der Waals surface area contributed by atoms with E-state index in [9.17, 15) is 18.8 Å². The predicted molar refractivity (Wildman–Crippen MR) is 126 cm³/mol. The molecule has 9 heteroatoms. The van der Waals surface area contributed by atoms with E-state index in [1.54, 1.807) is 12.1 Å². The normalized spacial score (nSPS) is 14.7. The molecule has 0 saturated carbocycles. The van der Waals surface area contributed by atoms with Gasteiger partial charge < -0.3 is 15.2 Å².